The number of rotatable bonds is 7. The summed E-state index contributed by atoms with van der Waals surface area (Å²) in [4.78, 5) is 22.4. The Kier molecular flexibility index (Phi) is 6.35. The number of hydrogen-bond donors (Lipinski definition) is 2. The van der Waals surface area contributed by atoms with Crippen molar-refractivity contribution in [3.63, 3.8) is 0 Å². The maximum Gasteiger partial charge on any atom is 0.407 e. The van der Waals surface area contributed by atoms with Gasteiger partial charge in [0.25, 0.3) is 5.69 Å². The summed E-state index contributed by atoms with van der Waals surface area (Å²) in [5, 5.41) is 13.6. The molecule has 0 bridgehead atoms. The summed E-state index contributed by atoms with van der Waals surface area (Å²) in [6.45, 7) is 0.525. The standard InChI is InChI=1S/C25H22FN3O4/c26-22-13-16(14-23(24(22)27)29(31)32)7-5-6-12-28-25(30)33-15-21-19-10-3-1-8-17(19)18-9-2-4-11-20(18)21/h1-5,7-11,13-14,21H,6,12,15,27H2,(H,28,30). The van der Waals surface area contributed by atoms with Gasteiger partial charge in [0, 0.05) is 18.5 Å². The van der Waals surface area contributed by atoms with E-state index in [1.54, 1.807) is 6.08 Å². The Balaban J connectivity index is 1.29. The molecule has 1 aliphatic rings. The van der Waals surface area contributed by atoms with Gasteiger partial charge < -0.3 is 15.8 Å². The molecule has 0 spiro atoms. The molecule has 3 aromatic carbocycles. The maximum atomic E-state index is 13.7. The van der Waals surface area contributed by atoms with Gasteiger partial charge in [0.15, 0.2) is 5.82 Å². The van der Waals surface area contributed by atoms with Crippen molar-refractivity contribution < 1.29 is 18.8 Å². The van der Waals surface area contributed by atoms with Gasteiger partial charge in [-0.05, 0) is 40.3 Å². The monoisotopic (exact) mass is 447 g/mol. The molecule has 0 saturated carbocycles. The van der Waals surface area contributed by atoms with E-state index in [9.17, 15) is 19.3 Å². The van der Waals surface area contributed by atoms with Crippen LogP contribution in [0, 0.1) is 15.9 Å². The van der Waals surface area contributed by atoms with Gasteiger partial charge in [0.1, 0.15) is 12.3 Å². The van der Waals surface area contributed by atoms with Crippen LogP contribution in [-0.2, 0) is 4.74 Å². The molecule has 3 N–H and O–H groups in total. The number of amides is 1. The minimum Gasteiger partial charge on any atom is -0.449 e. The minimum absolute atomic E-state index is 0.0146. The lowest BCUT2D eigenvalue weighted by Gasteiger charge is -2.14. The number of carbonyl (C=O) groups is 1. The number of ether oxygens (including phenoxy) is 1. The number of hydrogen-bond acceptors (Lipinski definition) is 5. The first-order valence-electron chi connectivity index (χ1n) is 10.4. The van der Waals surface area contributed by atoms with Crippen molar-refractivity contribution in [3.8, 4) is 11.1 Å². The molecule has 0 saturated heterocycles. The summed E-state index contributed by atoms with van der Waals surface area (Å²) in [6.07, 6.45) is 3.12. The minimum atomic E-state index is -0.847. The number of carbonyl (C=O) groups excluding carboxylic acids is 1. The van der Waals surface area contributed by atoms with Gasteiger partial charge >= 0.3 is 6.09 Å². The Labute approximate surface area is 189 Å². The first-order valence-corrected chi connectivity index (χ1v) is 10.4. The fraction of sp³-hybridized carbons (Fsp3) is 0.160. The molecule has 3 aromatic rings. The van der Waals surface area contributed by atoms with Gasteiger partial charge in [-0.1, -0.05) is 60.7 Å². The highest BCUT2D eigenvalue weighted by molar-refractivity contribution is 5.79. The van der Waals surface area contributed by atoms with Crippen molar-refractivity contribution in [2.75, 3.05) is 18.9 Å². The highest BCUT2D eigenvalue weighted by Crippen LogP contribution is 2.44. The summed E-state index contributed by atoms with van der Waals surface area (Å²) in [5.74, 6) is -0.861. The second-order valence-corrected chi connectivity index (χ2v) is 7.64. The zero-order chi connectivity index (χ0) is 23.4. The van der Waals surface area contributed by atoms with Crippen LogP contribution in [0.25, 0.3) is 17.2 Å². The SMILES string of the molecule is Nc1c(F)cc(C=CCCNC(=O)OCC2c3ccccc3-c3ccccc32)cc1[N+](=O)[O-]. The number of nitrogen functional groups attached to an aromatic ring is 1. The second-order valence-electron chi connectivity index (χ2n) is 7.64. The van der Waals surface area contributed by atoms with Gasteiger partial charge in [-0.25, -0.2) is 9.18 Å². The predicted molar refractivity (Wildman–Crippen MR) is 124 cm³/mol. The summed E-state index contributed by atoms with van der Waals surface area (Å²) in [6, 6.07) is 18.5. The lowest BCUT2D eigenvalue weighted by Crippen LogP contribution is -2.26. The molecule has 8 heteroatoms. The number of nitrogens with one attached hydrogen (secondary N) is 1. The lowest BCUT2D eigenvalue weighted by molar-refractivity contribution is -0.384. The van der Waals surface area contributed by atoms with E-state index in [2.05, 4.69) is 29.6 Å². The molecule has 0 fully saturated rings. The van der Waals surface area contributed by atoms with E-state index < -0.39 is 28.2 Å². The normalized spacial score (nSPS) is 12.4. The van der Waals surface area contributed by atoms with Crippen molar-refractivity contribution in [1.29, 1.82) is 0 Å². The summed E-state index contributed by atoms with van der Waals surface area (Å²) < 4.78 is 19.2. The lowest BCUT2D eigenvalue weighted by atomic mass is 9.98. The maximum absolute atomic E-state index is 13.7. The number of anilines is 1. The van der Waals surface area contributed by atoms with E-state index in [0.717, 1.165) is 28.3 Å². The molecule has 1 aliphatic carbocycles. The van der Waals surface area contributed by atoms with Crippen LogP contribution in [0.4, 0.5) is 20.6 Å². The molecule has 0 radical (unpaired) electrons. The van der Waals surface area contributed by atoms with Crippen LogP contribution in [0.1, 0.15) is 29.0 Å². The number of halogens is 1. The number of nitro groups is 1. The van der Waals surface area contributed by atoms with Crippen LogP contribution in [0.15, 0.2) is 66.7 Å². The van der Waals surface area contributed by atoms with Gasteiger partial charge in [-0.3, -0.25) is 10.1 Å². The zero-order valence-electron chi connectivity index (χ0n) is 17.7. The van der Waals surface area contributed by atoms with Crippen molar-refractivity contribution in [3.05, 3.63) is 99.4 Å². The summed E-state index contributed by atoms with van der Waals surface area (Å²) in [7, 11) is 0. The molecule has 0 unspecified atom stereocenters. The van der Waals surface area contributed by atoms with E-state index in [0.29, 0.717) is 18.5 Å². The van der Waals surface area contributed by atoms with Crippen LogP contribution >= 0.6 is 0 Å². The quantitative estimate of drug-likeness (QED) is 0.222. The van der Waals surface area contributed by atoms with Gasteiger partial charge in [0.05, 0.1) is 4.92 Å². The Morgan fingerprint density at radius 1 is 1.12 bits per heavy atom. The Hall–Kier alpha value is -4.20. The van der Waals surface area contributed by atoms with Crippen LogP contribution in [0.5, 0.6) is 0 Å². The summed E-state index contributed by atoms with van der Waals surface area (Å²) in [5.41, 5.74) is 9.32. The smallest absolute Gasteiger partial charge is 0.407 e. The molecular weight excluding hydrogens is 425 g/mol. The fourth-order valence-electron chi connectivity index (χ4n) is 4.00. The highest BCUT2D eigenvalue weighted by Gasteiger charge is 2.28. The van der Waals surface area contributed by atoms with Crippen LogP contribution < -0.4 is 11.1 Å². The molecule has 1 amide bonds. The summed E-state index contributed by atoms with van der Waals surface area (Å²) >= 11 is 0. The Morgan fingerprint density at radius 3 is 2.39 bits per heavy atom. The molecule has 0 aromatic heterocycles. The molecule has 33 heavy (non-hydrogen) atoms. The third-order valence-corrected chi connectivity index (χ3v) is 5.56. The Bertz CT molecular complexity index is 1200. The molecule has 0 heterocycles. The van der Waals surface area contributed by atoms with Crippen LogP contribution in [-0.4, -0.2) is 24.2 Å². The van der Waals surface area contributed by atoms with E-state index in [-0.39, 0.29) is 12.5 Å². The van der Waals surface area contributed by atoms with Crippen LogP contribution in [0.3, 0.4) is 0 Å². The number of nitrogens with zero attached hydrogens (tertiary/aromatic N) is 1. The second kappa shape index (κ2) is 9.52. The van der Waals surface area contributed by atoms with Gasteiger partial charge in [-0.15, -0.1) is 0 Å². The first-order chi connectivity index (χ1) is 16.0. The van der Waals surface area contributed by atoms with E-state index in [4.69, 9.17) is 10.5 Å². The van der Waals surface area contributed by atoms with Crippen molar-refractivity contribution >= 4 is 23.5 Å². The van der Waals surface area contributed by atoms with E-state index >= 15 is 0 Å². The average Bonchev–Trinajstić information content (AvgIpc) is 3.13. The number of alkyl carbamates (subject to hydrolysis) is 1. The molecule has 0 aliphatic heterocycles. The van der Waals surface area contributed by atoms with Crippen molar-refractivity contribution in [2.24, 2.45) is 0 Å². The molecular formula is C25H22FN3O4. The largest absolute Gasteiger partial charge is 0.449 e. The number of fused-ring (bicyclic) bond motifs is 3. The molecule has 168 valence electrons. The predicted octanol–water partition coefficient (Wildman–Crippen LogP) is 5.26. The van der Waals surface area contributed by atoms with Gasteiger partial charge in [-0.2, -0.15) is 0 Å². The number of nitro benzene ring substituents is 1. The van der Waals surface area contributed by atoms with Crippen molar-refractivity contribution in [2.45, 2.75) is 12.3 Å². The van der Waals surface area contributed by atoms with Gasteiger partial charge in [0.2, 0.25) is 0 Å². The van der Waals surface area contributed by atoms with E-state index in [1.165, 1.54) is 12.1 Å². The number of nitrogens with two attached hydrogens (primary N) is 1. The zero-order valence-corrected chi connectivity index (χ0v) is 17.7. The Morgan fingerprint density at radius 2 is 1.76 bits per heavy atom. The highest BCUT2D eigenvalue weighted by atomic mass is 19.1. The fourth-order valence-corrected chi connectivity index (χ4v) is 4.00. The van der Waals surface area contributed by atoms with E-state index in [1.807, 2.05) is 24.3 Å². The third-order valence-electron chi connectivity index (χ3n) is 5.56. The number of benzene rings is 3. The average molecular weight is 447 g/mol. The van der Waals surface area contributed by atoms with Crippen molar-refractivity contribution in [1.82, 2.24) is 5.32 Å². The molecule has 7 nitrogen and oxygen atoms in total. The first kappa shape index (κ1) is 22.0. The topological polar surface area (TPSA) is 107 Å². The van der Waals surface area contributed by atoms with Crippen LogP contribution in [0.2, 0.25) is 0 Å². The third kappa shape index (κ3) is 4.69. The molecule has 4 rings (SSSR count). The molecule has 0 atom stereocenters.